The lowest BCUT2D eigenvalue weighted by Crippen LogP contribution is -1.97. The maximum atomic E-state index is 11.0. The molecule has 1 unspecified atom stereocenters. The van der Waals surface area contributed by atoms with Crippen LogP contribution >= 0.6 is 0 Å². The van der Waals surface area contributed by atoms with Crippen molar-refractivity contribution in [3.63, 3.8) is 0 Å². The summed E-state index contributed by atoms with van der Waals surface area (Å²) < 4.78 is 5.47. The summed E-state index contributed by atoms with van der Waals surface area (Å²) in [5.74, 6) is 0.536. The van der Waals surface area contributed by atoms with Crippen LogP contribution in [-0.2, 0) is 0 Å². The second-order valence-electron chi connectivity index (χ2n) is 4.43. The fourth-order valence-electron chi connectivity index (χ4n) is 1.68. The monoisotopic (exact) mass is 274 g/mol. The van der Waals surface area contributed by atoms with Crippen LogP contribution in [0.1, 0.15) is 24.3 Å². The van der Waals surface area contributed by atoms with E-state index in [1.54, 1.807) is 38.1 Å². The van der Waals surface area contributed by atoms with E-state index in [4.69, 9.17) is 4.74 Å². The van der Waals surface area contributed by atoms with E-state index < -0.39 is 11.0 Å². The summed E-state index contributed by atoms with van der Waals surface area (Å²) in [6.07, 6.45) is 0.754. The Bertz CT molecular complexity index is 624. The van der Waals surface area contributed by atoms with Gasteiger partial charge in [0.05, 0.1) is 22.9 Å². The molecule has 1 heterocycles. The minimum absolute atomic E-state index is 0.0930. The quantitative estimate of drug-likeness (QED) is 0.683. The maximum absolute atomic E-state index is 11.0. The van der Waals surface area contributed by atoms with Gasteiger partial charge in [0.15, 0.2) is 0 Å². The molecule has 0 radical (unpaired) electrons. The molecule has 0 saturated carbocycles. The zero-order valence-corrected chi connectivity index (χ0v) is 11.1. The Hall–Kier alpha value is -2.47. The number of rotatable bonds is 4. The lowest BCUT2D eigenvalue weighted by atomic mass is 10.2. The van der Waals surface area contributed by atoms with E-state index in [1.165, 1.54) is 12.3 Å². The molecule has 0 aliphatic rings. The van der Waals surface area contributed by atoms with Crippen molar-refractivity contribution in [1.29, 1.82) is 0 Å². The Labute approximate surface area is 115 Å². The van der Waals surface area contributed by atoms with Crippen molar-refractivity contribution < 1.29 is 14.8 Å². The van der Waals surface area contributed by atoms with Crippen molar-refractivity contribution in [1.82, 2.24) is 4.98 Å². The fourth-order valence-corrected chi connectivity index (χ4v) is 1.68. The first-order valence-corrected chi connectivity index (χ1v) is 6.04. The third-order valence-corrected chi connectivity index (χ3v) is 2.73. The first kappa shape index (κ1) is 14.0. The van der Waals surface area contributed by atoms with Crippen molar-refractivity contribution in [3.05, 3.63) is 57.9 Å². The van der Waals surface area contributed by atoms with E-state index in [0.29, 0.717) is 11.4 Å². The van der Waals surface area contributed by atoms with Gasteiger partial charge in [-0.05, 0) is 37.6 Å². The van der Waals surface area contributed by atoms with Gasteiger partial charge in [0, 0.05) is 6.07 Å². The van der Waals surface area contributed by atoms with Crippen LogP contribution in [0.3, 0.4) is 0 Å². The zero-order valence-electron chi connectivity index (χ0n) is 11.1. The maximum Gasteiger partial charge on any atom is 0.311 e. The van der Waals surface area contributed by atoms with Crippen molar-refractivity contribution in [3.8, 4) is 11.5 Å². The molecule has 1 atom stereocenters. The topological polar surface area (TPSA) is 85.5 Å². The normalized spacial score (nSPS) is 11.9. The highest BCUT2D eigenvalue weighted by atomic mass is 16.6. The molecule has 0 bridgehead atoms. The molecule has 0 aliphatic carbocycles. The molecule has 0 amide bonds. The number of benzene rings is 1. The molecule has 1 aromatic carbocycles. The smallest absolute Gasteiger partial charge is 0.311 e. The van der Waals surface area contributed by atoms with Crippen LogP contribution in [-0.4, -0.2) is 15.0 Å². The highest BCUT2D eigenvalue weighted by Gasteiger charge is 2.16. The van der Waals surface area contributed by atoms with Crippen LogP contribution in [0.4, 0.5) is 5.69 Å². The molecule has 20 heavy (non-hydrogen) atoms. The van der Waals surface area contributed by atoms with Crippen molar-refractivity contribution >= 4 is 5.69 Å². The van der Waals surface area contributed by atoms with Gasteiger partial charge in [-0.3, -0.25) is 15.1 Å². The summed E-state index contributed by atoms with van der Waals surface area (Å²) in [5, 5.41) is 20.3. The number of nitrogens with zero attached hydrogens (tertiary/aromatic N) is 2. The number of nitro groups is 1. The van der Waals surface area contributed by atoms with Gasteiger partial charge in [0.25, 0.3) is 0 Å². The average molecular weight is 274 g/mol. The summed E-state index contributed by atoms with van der Waals surface area (Å²) >= 11 is 0. The van der Waals surface area contributed by atoms with Gasteiger partial charge in [-0.15, -0.1) is 0 Å². The van der Waals surface area contributed by atoms with E-state index in [2.05, 4.69) is 4.98 Å². The molecule has 2 rings (SSSR count). The van der Waals surface area contributed by atoms with E-state index in [-0.39, 0.29) is 11.4 Å². The lowest BCUT2D eigenvalue weighted by Gasteiger charge is -2.08. The molecule has 1 N–H and O–H groups in total. The van der Waals surface area contributed by atoms with Gasteiger partial charge < -0.3 is 9.84 Å². The molecule has 104 valence electrons. The highest BCUT2D eigenvalue weighted by Crippen LogP contribution is 2.31. The fraction of sp³-hybridized carbons (Fsp3) is 0.214. The predicted octanol–water partition coefficient (Wildman–Crippen LogP) is 3.14. The van der Waals surface area contributed by atoms with Crippen LogP contribution in [0.2, 0.25) is 0 Å². The minimum atomic E-state index is -0.669. The summed E-state index contributed by atoms with van der Waals surface area (Å²) in [6, 6.07) is 7.96. The Morgan fingerprint density at radius 2 is 2.10 bits per heavy atom. The summed E-state index contributed by atoms with van der Waals surface area (Å²) in [4.78, 5) is 14.5. The van der Waals surface area contributed by atoms with E-state index in [0.717, 1.165) is 5.56 Å². The first-order chi connectivity index (χ1) is 9.47. The third kappa shape index (κ3) is 3.10. The molecule has 0 aliphatic heterocycles. The number of pyridine rings is 1. The van der Waals surface area contributed by atoms with Crippen LogP contribution in [0.5, 0.6) is 11.5 Å². The van der Waals surface area contributed by atoms with Crippen molar-refractivity contribution in [2.75, 3.05) is 0 Å². The number of nitro benzene ring substituents is 1. The van der Waals surface area contributed by atoms with Gasteiger partial charge in [-0.2, -0.15) is 0 Å². The molecule has 1 aromatic heterocycles. The van der Waals surface area contributed by atoms with Crippen molar-refractivity contribution in [2.24, 2.45) is 0 Å². The molecule has 2 aromatic rings. The summed E-state index contributed by atoms with van der Waals surface area (Å²) in [7, 11) is 0. The number of aliphatic hydroxyl groups is 1. The van der Waals surface area contributed by atoms with Gasteiger partial charge in [0.1, 0.15) is 5.75 Å². The number of aliphatic hydroxyl groups excluding tert-OH is 1. The Morgan fingerprint density at radius 1 is 1.35 bits per heavy atom. The molecule has 0 spiro atoms. The standard InChI is InChI=1S/C14H14N2O4/c1-9-3-6-14(13(7-9)16(18)19)20-11-4-5-12(10(2)17)15-8-11/h3-8,10,17H,1-2H3. The van der Waals surface area contributed by atoms with Crippen LogP contribution in [0.15, 0.2) is 36.5 Å². The van der Waals surface area contributed by atoms with Gasteiger partial charge in [0.2, 0.25) is 5.75 Å². The number of ether oxygens (including phenoxy) is 1. The molecular formula is C14H14N2O4. The molecule has 6 nitrogen and oxygen atoms in total. The third-order valence-electron chi connectivity index (χ3n) is 2.73. The highest BCUT2D eigenvalue weighted by molar-refractivity contribution is 5.50. The molecule has 6 heteroatoms. The number of aromatic nitrogens is 1. The van der Waals surface area contributed by atoms with Crippen molar-refractivity contribution in [2.45, 2.75) is 20.0 Å². The first-order valence-electron chi connectivity index (χ1n) is 6.04. The molecular weight excluding hydrogens is 260 g/mol. The van der Waals surface area contributed by atoms with Crippen LogP contribution in [0, 0.1) is 17.0 Å². The van der Waals surface area contributed by atoms with Gasteiger partial charge >= 0.3 is 5.69 Å². The second-order valence-corrected chi connectivity index (χ2v) is 4.43. The van der Waals surface area contributed by atoms with E-state index in [9.17, 15) is 15.2 Å². The molecule has 0 saturated heterocycles. The zero-order chi connectivity index (χ0) is 14.7. The lowest BCUT2D eigenvalue weighted by molar-refractivity contribution is -0.385. The summed E-state index contributed by atoms with van der Waals surface area (Å²) in [6.45, 7) is 3.38. The number of hydrogen-bond donors (Lipinski definition) is 1. The number of hydrogen-bond acceptors (Lipinski definition) is 5. The Morgan fingerprint density at radius 3 is 2.65 bits per heavy atom. The SMILES string of the molecule is Cc1ccc(Oc2ccc(C(C)O)nc2)c([N+](=O)[O-])c1. The van der Waals surface area contributed by atoms with Gasteiger partial charge in [-0.1, -0.05) is 6.07 Å². The minimum Gasteiger partial charge on any atom is -0.449 e. The largest absolute Gasteiger partial charge is 0.449 e. The van der Waals surface area contributed by atoms with E-state index >= 15 is 0 Å². The molecule has 0 fully saturated rings. The van der Waals surface area contributed by atoms with E-state index in [1.807, 2.05) is 0 Å². The second kappa shape index (κ2) is 5.66. The Balaban J connectivity index is 2.28. The number of aryl methyl sites for hydroxylation is 1. The van der Waals surface area contributed by atoms with Crippen LogP contribution in [0.25, 0.3) is 0 Å². The predicted molar refractivity (Wildman–Crippen MR) is 72.8 cm³/mol. The van der Waals surface area contributed by atoms with Crippen LogP contribution < -0.4 is 4.74 Å². The average Bonchev–Trinajstić information content (AvgIpc) is 2.41. The Kier molecular flexibility index (Phi) is 3.95. The summed E-state index contributed by atoms with van der Waals surface area (Å²) in [5.41, 5.74) is 1.20. The van der Waals surface area contributed by atoms with Gasteiger partial charge in [-0.25, -0.2) is 0 Å².